The zero-order valence-corrected chi connectivity index (χ0v) is 22.0. The Balaban J connectivity index is 1.54. The molecule has 0 spiro atoms. The molecule has 0 bridgehead atoms. The van der Waals surface area contributed by atoms with Gasteiger partial charge in [0.05, 0.1) is 0 Å². The summed E-state index contributed by atoms with van der Waals surface area (Å²) < 4.78 is 5.07. The molecule has 0 atom stereocenters. The number of rotatable bonds is 3. The fraction of sp³-hybridized carbons (Fsp3) is 0. The van der Waals surface area contributed by atoms with Crippen LogP contribution in [0.2, 0.25) is 0 Å². The molecule has 0 saturated carbocycles. The van der Waals surface area contributed by atoms with E-state index in [0.29, 0.717) is 17.6 Å². The van der Waals surface area contributed by atoms with E-state index >= 15 is 0 Å². The van der Waals surface area contributed by atoms with Crippen molar-refractivity contribution in [3.8, 4) is 28.7 Å². The molecule has 0 aliphatic rings. The van der Waals surface area contributed by atoms with Crippen molar-refractivity contribution in [2.45, 2.75) is 0 Å². The topological polar surface area (TPSA) is 43.6 Å². The van der Waals surface area contributed by atoms with Crippen LogP contribution in [0.15, 0.2) is 121 Å². The van der Waals surface area contributed by atoms with E-state index in [2.05, 4.69) is 89.5 Å². The summed E-state index contributed by atoms with van der Waals surface area (Å²) in [7, 11) is 0. The predicted molar refractivity (Wildman–Crippen MR) is 157 cm³/mol. The van der Waals surface area contributed by atoms with Gasteiger partial charge in [0.1, 0.15) is 0 Å². The van der Waals surface area contributed by atoms with E-state index in [9.17, 15) is 0 Å². The molecular formula is C33H20N4Se. The Hall–Kier alpha value is -4.57. The summed E-state index contributed by atoms with van der Waals surface area (Å²) in [6.07, 6.45) is 0. The third-order valence-corrected chi connectivity index (χ3v) is 9.45. The molecule has 0 amide bonds. The van der Waals surface area contributed by atoms with E-state index in [1.807, 2.05) is 36.4 Å². The van der Waals surface area contributed by atoms with E-state index in [0.717, 1.165) is 16.6 Å². The van der Waals surface area contributed by atoms with Crippen LogP contribution in [0.3, 0.4) is 0 Å². The molecule has 0 aliphatic heterocycles. The molecule has 8 aromatic rings. The molecule has 0 saturated heterocycles. The fourth-order valence-electron chi connectivity index (χ4n) is 5.37. The first-order chi connectivity index (χ1) is 18.8. The molecule has 3 heterocycles. The maximum atomic E-state index is 5.10. The van der Waals surface area contributed by atoms with Crippen LogP contribution < -0.4 is 0 Å². The van der Waals surface area contributed by atoms with Gasteiger partial charge >= 0.3 is 225 Å². The number of aromatic nitrogens is 4. The minimum absolute atomic E-state index is 0.269. The van der Waals surface area contributed by atoms with Crippen molar-refractivity contribution >= 4 is 55.6 Å². The second kappa shape index (κ2) is 8.49. The van der Waals surface area contributed by atoms with Crippen LogP contribution in [-0.4, -0.2) is 34.0 Å². The van der Waals surface area contributed by atoms with E-state index in [1.165, 1.54) is 35.6 Å². The summed E-state index contributed by atoms with van der Waals surface area (Å²) in [4.78, 5) is 15.1. The van der Waals surface area contributed by atoms with Crippen LogP contribution in [0.1, 0.15) is 0 Å². The standard InChI is InChI=1S/C33H20N4Se/c1-3-11-21(12-4-1)31-34-32(22-13-5-2-6-14-22)36-33(35-31)37-26-17-9-7-15-23(26)24-19-20-28-29(30(24)37)25-16-8-10-18-27(25)38-28/h1-20H. The Morgan fingerprint density at radius 3 is 1.79 bits per heavy atom. The van der Waals surface area contributed by atoms with Gasteiger partial charge in [0.25, 0.3) is 0 Å². The van der Waals surface area contributed by atoms with Crippen molar-refractivity contribution in [3.63, 3.8) is 0 Å². The summed E-state index contributed by atoms with van der Waals surface area (Å²) >= 11 is 0.269. The minimum atomic E-state index is 0.269. The third kappa shape index (κ3) is 3.26. The maximum absolute atomic E-state index is 5.10. The number of hydrogen-bond donors (Lipinski definition) is 0. The van der Waals surface area contributed by atoms with Crippen LogP contribution in [0, 0.1) is 0 Å². The molecule has 8 rings (SSSR count). The number of hydrogen-bond acceptors (Lipinski definition) is 3. The first kappa shape index (κ1) is 21.5. The first-order valence-corrected chi connectivity index (χ1v) is 14.3. The van der Waals surface area contributed by atoms with Crippen LogP contribution >= 0.6 is 0 Å². The molecule has 178 valence electrons. The van der Waals surface area contributed by atoms with E-state index in [-0.39, 0.29) is 14.5 Å². The fourth-order valence-corrected chi connectivity index (χ4v) is 7.70. The number of fused-ring (bicyclic) bond motifs is 7. The van der Waals surface area contributed by atoms with Crippen molar-refractivity contribution < 1.29 is 0 Å². The first-order valence-electron chi connectivity index (χ1n) is 12.6. The molecule has 5 aromatic carbocycles. The predicted octanol–water partition coefficient (Wildman–Crippen LogP) is 7.67. The Labute approximate surface area is 224 Å². The summed E-state index contributed by atoms with van der Waals surface area (Å²) in [6, 6.07) is 42.3. The summed E-state index contributed by atoms with van der Waals surface area (Å²) in [6.45, 7) is 0. The van der Waals surface area contributed by atoms with Crippen molar-refractivity contribution in [1.29, 1.82) is 0 Å². The van der Waals surface area contributed by atoms with Gasteiger partial charge in [-0.05, 0) is 0 Å². The molecule has 38 heavy (non-hydrogen) atoms. The average Bonchev–Trinajstić information content (AvgIpc) is 3.53. The van der Waals surface area contributed by atoms with Gasteiger partial charge in [-0.3, -0.25) is 0 Å². The second-order valence-electron chi connectivity index (χ2n) is 9.30. The van der Waals surface area contributed by atoms with Crippen LogP contribution in [0.5, 0.6) is 0 Å². The van der Waals surface area contributed by atoms with Crippen molar-refractivity contribution in [1.82, 2.24) is 19.5 Å². The van der Waals surface area contributed by atoms with Gasteiger partial charge in [0.15, 0.2) is 0 Å². The van der Waals surface area contributed by atoms with Gasteiger partial charge in [0.2, 0.25) is 0 Å². The van der Waals surface area contributed by atoms with Gasteiger partial charge in [0, 0.05) is 0 Å². The molecule has 0 N–H and O–H groups in total. The zero-order chi connectivity index (χ0) is 25.1. The average molecular weight is 552 g/mol. The van der Waals surface area contributed by atoms with Crippen molar-refractivity contribution in [2.75, 3.05) is 0 Å². The molecular weight excluding hydrogens is 531 g/mol. The van der Waals surface area contributed by atoms with Crippen LogP contribution in [-0.2, 0) is 0 Å². The normalized spacial score (nSPS) is 11.7. The van der Waals surface area contributed by atoms with Crippen molar-refractivity contribution in [3.05, 3.63) is 121 Å². The number of nitrogens with zero attached hydrogens (tertiary/aromatic N) is 4. The molecule has 3 aromatic heterocycles. The Morgan fingerprint density at radius 2 is 1.08 bits per heavy atom. The van der Waals surface area contributed by atoms with Crippen LogP contribution in [0.4, 0.5) is 0 Å². The Morgan fingerprint density at radius 1 is 0.474 bits per heavy atom. The number of benzene rings is 5. The van der Waals surface area contributed by atoms with Crippen LogP contribution in [0.25, 0.3) is 69.8 Å². The van der Waals surface area contributed by atoms with Gasteiger partial charge in [-0.2, -0.15) is 0 Å². The van der Waals surface area contributed by atoms with Gasteiger partial charge < -0.3 is 0 Å². The van der Waals surface area contributed by atoms with Gasteiger partial charge in [-0.1, -0.05) is 0 Å². The SMILES string of the molecule is c1ccc(-c2nc(-c3ccccc3)nc(-n3c4ccccc4c4ccc5[se]c6ccccc6c5c43)n2)cc1. The Kier molecular flexibility index (Phi) is 4.80. The van der Waals surface area contributed by atoms with E-state index in [1.54, 1.807) is 0 Å². The molecule has 0 fully saturated rings. The molecule has 5 heteroatoms. The Bertz CT molecular complexity index is 2070. The molecule has 0 aliphatic carbocycles. The van der Waals surface area contributed by atoms with E-state index < -0.39 is 0 Å². The monoisotopic (exact) mass is 552 g/mol. The zero-order valence-electron chi connectivity index (χ0n) is 20.2. The third-order valence-electron chi connectivity index (χ3n) is 7.06. The molecule has 0 unspecified atom stereocenters. The van der Waals surface area contributed by atoms with E-state index in [4.69, 9.17) is 15.0 Å². The van der Waals surface area contributed by atoms with Crippen molar-refractivity contribution in [2.24, 2.45) is 0 Å². The quantitative estimate of drug-likeness (QED) is 0.212. The van der Waals surface area contributed by atoms with Gasteiger partial charge in [-0.25, -0.2) is 0 Å². The summed E-state index contributed by atoms with van der Waals surface area (Å²) in [5, 5.41) is 5.04. The second-order valence-corrected chi connectivity index (χ2v) is 11.6. The molecule has 4 nitrogen and oxygen atoms in total. The summed E-state index contributed by atoms with van der Waals surface area (Å²) in [5.74, 6) is 1.96. The number of para-hydroxylation sites is 1. The molecule has 0 radical (unpaired) electrons. The van der Waals surface area contributed by atoms with Gasteiger partial charge in [-0.15, -0.1) is 0 Å². The summed E-state index contributed by atoms with van der Waals surface area (Å²) in [5.41, 5.74) is 4.19.